The highest BCUT2D eigenvalue weighted by Crippen LogP contribution is 2.26. The van der Waals surface area contributed by atoms with Gasteiger partial charge in [0.05, 0.1) is 0 Å². The third kappa shape index (κ3) is 3.47. The fourth-order valence-electron chi connectivity index (χ4n) is 2.17. The monoisotopic (exact) mass is 421 g/mol. The molecule has 2 nitrogen and oxygen atoms in total. The van der Waals surface area contributed by atoms with Crippen molar-refractivity contribution in [2.24, 2.45) is 0 Å². The Hall–Kier alpha value is -0.100. The van der Waals surface area contributed by atoms with Gasteiger partial charge in [-0.05, 0) is 66.5 Å². The molecule has 1 fully saturated rings. The minimum Gasteiger partial charge on any atom is -0.336 e. The number of amides is 1. The van der Waals surface area contributed by atoms with Crippen molar-refractivity contribution in [3.05, 3.63) is 33.4 Å². The number of rotatable bonds is 5. The van der Waals surface area contributed by atoms with Gasteiger partial charge < -0.3 is 4.90 Å². The lowest BCUT2D eigenvalue weighted by Gasteiger charge is -2.37. The summed E-state index contributed by atoms with van der Waals surface area (Å²) in [7, 11) is 0. The summed E-state index contributed by atoms with van der Waals surface area (Å²) in [6, 6.07) is 8.34. The molecule has 0 aliphatic heterocycles. The third-order valence-electron chi connectivity index (χ3n) is 3.38. The van der Waals surface area contributed by atoms with E-state index in [1.165, 1.54) is 6.42 Å². The largest absolute Gasteiger partial charge is 0.336 e. The maximum absolute atomic E-state index is 12.5. The molecule has 1 aliphatic carbocycles. The first-order chi connectivity index (χ1) is 8.72. The van der Waals surface area contributed by atoms with Crippen LogP contribution < -0.4 is 0 Å². The lowest BCUT2D eigenvalue weighted by atomic mass is 9.91. The molecule has 0 unspecified atom stereocenters. The lowest BCUT2D eigenvalue weighted by Crippen LogP contribution is -2.44. The summed E-state index contributed by atoms with van der Waals surface area (Å²) in [4.78, 5) is 14.6. The molecule has 4 heteroatoms. The predicted molar refractivity (Wildman–Crippen MR) is 86.2 cm³/mol. The Balaban J connectivity index is 2.11. The number of carbonyl (C=O) groups excluding carboxylic acids is 1. The van der Waals surface area contributed by atoms with Gasteiger partial charge in [-0.3, -0.25) is 4.79 Å². The van der Waals surface area contributed by atoms with Gasteiger partial charge >= 0.3 is 0 Å². The molecular formula is C14H17BrINO. The minimum atomic E-state index is 0.194. The van der Waals surface area contributed by atoms with E-state index in [9.17, 15) is 4.79 Å². The first kappa shape index (κ1) is 14.3. The van der Waals surface area contributed by atoms with E-state index in [-0.39, 0.29) is 5.91 Å². The van der Waals surface area contributed by atoms with Gasteiger partial charge in [0.15, 0.2) is 0 Å². The molecule has 0 N–H and O–H groups in total. The summed E-state index contributed by atoms with van der Waals surface area (Å²) in [5, 5.41) is 0.954. The molecule has 0 radical (unpaired) electrons. The summed E-state index contributed by atoms with van der Waals surface area (Å²) in [5.41, 5.74) is 0.823. The van der Waals surface area contributed by atoms with Crippen molar-refractivity contribution >= 4 is 44.4 Å². The fraction of sp³-hybridized carbons (Fsp3) is 0.500. The Morgan fingerprint density at radius 1 is 1.44 bits per heavy atom. The highest BCUT2D eigenvalue weighted by Gasteiger charge is 2.28. The molecule has 0 atom stereocenters. The zero-order valence-corrected chi connectivity index (χ0v) is 14.0. The number of halogens is 2. The number of benzene rings is 1. The second kappa shape index (κ2) is 6.89. The highest BCUT2D eigenvalue weighted by molar-refractivity contribution is 14.1. The summed E-state index contributed by atoms with van der Waals surface area (Å²) >= 11 is 5.70. The second-order valence-electron chi connectivity index (χ2n) is 4.64. The number of hydrogen-bond acceptors (Lipinski definition) is 1. The molecule has 2 rings (SSSR count). The average molecular weight is 422 g/mol. The van der Waals surface area contributed by atoms with Crippen molar-refractivity contribution in [1.82, 2.24) is 4.90 Å². The van der Waals surface area contributed by atoms with Gasteiger partial charge in [-0.25, -0.2) is 0 Å². The highest BCUT2D eigenvalue weighted by atomic mass is 127. The van der Waals surface area contributed by atoms with Crippen LogP contribution >= 0.6 is 38.5 Å². The Morgan fingerprint density at radius 2 is 2.22 bits per heavy atom. The van der Waals surface area contributed by atoms with Gasteiger partial charge in [0.1, 0.15) is 0 Å². The molecule has 1 aromatic carbocycles. The Labute approximate surface area is 130 Å². The fourth-order valence-corrected chi connectivity index (χ4v) is 2.96. The number of hydrogen-bond donors (Lipinski definition) is 0. The first-order valence-electron chi connectivity index (χ1n) is 6.35. The number of alkyl halides is 1. The van der Waals surface area contributed by atoms with Gasteiger partial charge in [0, 0.05) is 27.1 Å². The summed E-state index contributed by atoms with van der Waals surface area (Å²) < 4.78 is 1.12. The summed E-state index contributed by atoms with van der Waals surface area (Å²) in [6.45, 7) is 0.861. The lowest BCUT2D eigenvalue weighted by molar-refractivity contribution is 0.0581. The maximum Gasteiger partial charge on any atom is 0.254 e. The van der Waals surface area contributed by atoms with E-state index < -0.39 is 0 Å². The molecule has 18 heavy (non-hydrogen) atoms. The molecule has 1 aliphatic rings. The quantitative estimate of drug-likeness (QED) is 0.518. The molecule has 0 bridgehead atoms. The Kier molecular flexibility index (Phi) is 5.48. The second-order valence-corrected chi connectivity index (χ2v) is 6.67. The molecule has 0 aromatic heterocycles. The van der Waals surface area contributed by atoms with Gasteiger partial charge in [-0.1, -0.05) is 22.0 Å². The third-order valence-corrected chi connectivity index (χ3v) is 4.61. The van der Waals surface area contributed by atoms with E-state index in [0.717, 1.165) is 40.3 Å². The van der Waals surface area contributed by atoms with Crippen LogP contribution in [0.25, 0.3) is 0 Å². The van der Waals surface area contributed by atoms with Crippen LogP contribution in [0, 0.1) is 3.57 Å². The normalized spacial score (nSPS) is 15.2. The van der Waals surface area contributed by atoms with E-state index in [1.54, 1.807) is 0 Å². The van der Waals surface area contributed by atoms with Crippen LogP contribution in [0.5, 0.6) is 0 Å². The topological polar surface area (TPSA) is 20.3 Å². The van der Waals surface area contributed by atoms with Gasteiger partial charge in [0.2, 0.25) is 0 Å². The van der Waals surface area contributed by atoms with Gasteiger partial charge in [-0.2, -0.15) is 0 Å². The van der Waals surface area contributed by atoms with Crippen molar-refractivity contribution in [1.29, 1.82) is 0 Å². The zero-order valence-electron chi connectivity index (χ0n) is 10.2. The SMILES string of the molecule is O=C(c1cccc(I)c1)N(CCCBr)C1CCC1. The first-order valence-corrected chi connectivity index (χ1v) is 8.55. The van der Waals surface area contributed by atoms with E-state index in [0.29, 0.717) is 6.04 Å². The van der Waals surface area contributed by atoms with Crippen molar-refractivity contribution < 1.29 is 4.79 Å². The van der Waals surface area contributed by atoms with Crippen molar-refractivity contribution in [3.8, 4) is 0 Å². The van der Waals surface area contributed by atoms with Gasteiger partial charge in [-0.15, -0.1) is 0 Å². The molecular weight excluding hydrogens is 405 g/mol. The van der Waals surface area contributed by atoms with Crippen LogP contribution in [0.1, 0.15) is 36.0 Å². The van der Waals surface area contributed by atoms with Crippen LogP contribution in [0.15, 0.2) is 24.3 Å². The molecule has 0 spiro atoms. The van der Waals surface area contributed by atoms with E-state index in [1.807, 2.05) is 24.3 Å². The molecule has 1 aromatic rings. The number of nitrogens with zero attached hydrogens (tertiary/aromatic N) is 1. The van der Waals surface area contributed by atoms with Crippen molar-refractivity contribution in [2.45, 2.75) is 31.7 Å². The van der Waals surface area contributed by atoms with Crippen LogP contribution in [0.2, 0.25) is 0 Å². The summed E-state index contributed by atoms with van der Waals surface area (Å²) in [5.74, 6) is 0.194. The van der Waals surface area contributed by atoms with Crippen LogP contribution in [0.4, 0.5) is 0 Å². The smallest absolute Gasteiger partial charge is 0.254 e. The minimum absolute atomic E-state index is 0.194. The van der Waals surface area contributed by atoms with E-state index in [4.69, 9.17) is 0 Å². The molecule has 98 valence electrons. The zero-order chi connectivity index (χ0) is 13.0. The molecule has 0 saturated heterocycles. The van der Waals surface area contributed by atoms with Crippen LogP contribution in [-0.4, -0.2) is 28.7 Å². The van der Waals surface area contributed by atoms with Crippen LogP contribution in [-0.2, 0) is 0 Å². The standard InChI is InChI=1S/C14H17BrINO/c15-8-3-9-17(13-6-2-7-13)14(18)11-4-1-5-12(16)10-11/h1,4-5,10,13H,2-3,6-9H2. The van der Waals surface area contributed by atoms with Crippen molar-refractivity contribution in [2.75, 3.05) is 11.9 Å². The Bertz CT molecular complexity index is 420. The molecule has 0 heterocycles. The number of carbonyl (C=O) groups is 1. The molecule has 1 saturated carbocycles. The predicted octanol–water partition coefficient (Wildman–Crippen LogP) is 4.07. The van der Waals surface area contributed by atoms with Gasteiger partial charge in [0.25, 0.3) is 5.91 Å². The maximum atomic E-state index is 12.5. The van der Waals surface area contributed by atoms with Crippen LogP contribution in [0.3, 0.4) is 0 Å². The van der Waals surface area contributed by atoms with Crippen molar-refractivity contribution in [3.63, 3.8) is 0 Å². The van der Waals surface area contributed by atoms with E-state index in [2.05, 4.69) is 43.4 Å². The van der Waals surface area contributed by atoms with E-state index >= 15 is 0 Å². The molecule has 1 amide bonds. The Morgan fingerprint density at radius 3 is 2.78 bits per heavy atom. The summed E-state index contributed by atoms with van der Waals surface area (Å²) in [6.07, 6.45) is 4.61. The average Bonchev–Trinajstić information content (AvgIpc) is 2.31.